The van der Waals surface area contributed by atoms with Crippen LogP contribution >= 0.6 is 11.6 Å². The highest BCUT2D eigenvalue weighted by Gasteiger charge is 2.40. The third-order valence-electron chi connectivity index (χ3n) is 4.36. The predicted octanol–water partition coefficient (Wildman–Crippen LogP) is 2.94. The Labute approximate surface area is 142 Å². The molecule has 24 heavy (non-hydrogen) atoms. The molecule has 0 spiro atoms. The number of nitro groups is 1. The van der Waals surface area contributed by atoms with Gasteiger partial charge in [-0.25, -0.2) is 0 Å². The zero-order valence-electron chi connectivity index (χ0n) is 12.6. The van der Waals surface area contributed by atoms with E-state index in [1.54, 1.807) is 0 Å². The monoisotopic (exact) mass is 350 g/mol. The van der Waals surface area contributed by atoms with Crippen molar-refractivity contribution in [3.8, 4) is 0 Å². The van der Waals surface area contributed by atoms with E-state index in [9.17, 15) is 19.7 Å². The Morgan fingerprint density at radius 1 is 1.33 bits per heavy atom. The second-order valence-electron chi connectivity index (χ2n) is 5.96. The van der Waals surface area contributed by atoms with Crippen LogP contribution in [0.25, 0.3) is 0 Å². The first-order valence-electron chi connectivity index (χ1n) is 7.53. The smallest absolute Gasteiger partial charge is 0.310 e. The summed E-state index contributed by atoms with van der Waals surface area (Å²) in [6, 6.07) is 3.91. The summed E-state index contributed by atoms with van der Waals surface area (Å²) < 4.78 is 5.06. The average molecular weight is 351 g/mol. The fourth-order valence-corrected chi connectivity index (χ4v) is 3.41. The van der Waals surface area contributed by atoms with Gasteiger partial charge in [0.1, 0.15) is 5.69 Å². The van der Waals surface area contributed by atoms with Gasteiger partial charge < -0.3 is 10.1 Å². The Bertz CT molecular complexity index is 733. The standard InChI is InChI=1S/C16H15ClN2O5/c17-11-3-4-13(14(7-11)19(22)23)18-15(20)8-24-16(21)12-6-9-1-2-10(12)5-9/h1-4,7,9-10,12H,5-6,8H2,(H,18,20). The molecule has 1 aromatic carbocycles. The van der Waals surface area contributed by atoms with Gasteiger partial charge in [0, 0.05) is 11.1 Å². The summed E-state index contributed by atoms with van der Waals surface area (Å²) in [5, 5.41) is 13.5. The lowest BCUT2D eigenvalue weighted by molar-refractivity contribution is -0.383. The Balaban J connectivity index is 1.56. The van der Waals surface area contributed by atoms with Gasteiger partial charge in [-0.15, -0.1) is 0 Å². The maximum absolute atomic E-state index is 12.1. The fraction of sp³-hybridized carbons (Fsp3) is 0.375. The number of nitrogens with one attached hydrogen (secondary N) is 1. The molecule has 0 heterocycles. The first kappa shape index (κ1) is 16.4. The molecule has 3 unspecified atom stereocenters. The maximum Gasteiger partial charge on any atom is 0.310 e. The van der Waals surface area contributed by atoms with Crippen LogP contribution in [0.5, 0.6) is 0 Å². The van der Waals surface area contributed by atoms with Crippen molar-refractivity contribution < 1.29 is 19.2 Å². The number of fused-ring (bicyclic) bond motifs is 2. The summed E-state index contributed by atoms with van der Waals surface area (Å²) in [6.07, 6.45) is 5.85. The van der Waals surface area contributed by atoms with Crippen molar-refractivity contribution in [1.82, 2.24) is 0 Å². The number of allylic oxidation sites excluding steroid dienone is 2. The molecule has 1 N–H and O–H groups in total. The van der Waals surface area contributed by atoms with E-state index in [0.717, 1.165) is 18.9 Å². The van der Waals surface area contributed by atoms with E-state index >= 15 is 0 Å². The average Bonchev–Trinajstić information content (AvgIpc) is 3.17. The highest BCUT2D eigenvalue weighted by atomic mass is 35.5. The molecule has 2 aliphatic rings. The van der Waals surface area contributed by atoms with Crippen LogP contribution in [0.15, 0.2) is 30.4 Å². The lowest BCUT2D eigenvalue weighted by atomic mass is 9.94. The zero-order valence-corrected chi connectivity index (χ0v) is 13.4. The van der Waals surface area contributed by atoms with Gasteiger partial charge >= 0.3 is 5.97 Å². The van der Waals surface area contributed by atoms with Crippen LogP contribution in [-0.2, 0) is 14.3 Å². The fourth-order valence-electron chi connectivity index (χ4n) is 3.24. The van der Waals surface area contributed by atoms with E-state index in [0.29, 0.717) is 5.92 Å². The predicted molar refractivity (Wildman–Crippen MR) is 86.5 cm³/mol. The van der Waals surface area contributed by atoms with Gasteiger partial charge in [0.05, 0.1) is 10.8 Å². The largest absolute Gasteiger partial charge is 0.455 e. The van der Waals surface area contributed by atoms with Crippen LogP contribution in [0, 0.1) is 27.9 Å². The number of rotatable bonds is 5. The summed E-state index contributed by atoms with van der Waals surface area (Å²) in [7, 11) is 0. The lowest BCUT2D eigenvalue weighted by Crippen LogP contribution is -2.26. The molecule has 1 amide bonds. The molecule has 0 aliphatic heterocycles. The van der Waals surface area contributed by atoms with Gasteiger partial charge in [-0.3, -0.25) is 19.7 Å². The van der Waals surface area contributed by atoms with Gasteiger partial charge in [-0.2, -0.15) is 0 Å². The van der Waals surface area contributed by atoms with Gasteiger partial charge in [-0.05, 0) is 36.8 Å². The number of ether oxygens (including phenoxy) is 1. The van der Waals surface area contributed by atoms with E-state index in [4.69, 9.17) is 16.3 Å². The van der Waals surface area contributed by atoms with E-state index in [-0.39, 0.29) is 28.2 Å². The number of esters is 1. The number of carbonyl (C=O) groups is 2. The molecule has 1 aromatic rings. The van der Waals surface area contributed by atoms with Crippen LogP contribution in [0.1, 0.15) is 12.8 Å². The van der Waals surface area contributed by atoms with Crippen molar-refractivity contribution >= 4 is 34.9 Å². The number of nitrogens with zero attached hydrogens (tertiary/aromatic N) is 1. The molecule has 2 aliphatic carbocycles. The Kier molecular flexibility index (Phi) is 4.53. The van der Waals surface area contributed by atoms with Crippen LogP contribution in [-0.4, -0.2) is 23.4 Å². The lowest BCUT2D eigenvalue weighted by Gasteiger charge is -2.16. The molecule has 1 fully saturated rings. The number of halogens is 1. The van der Waals surface area contributed by atoms with Gasteiger partial charge in [-0.1, -0.05) is 23.8 Å². The van der Waals surface area contributed by atoms with Gasteiger partial charge in [0.2, 0.25) is 0 Å². The second kappa shape index (κ2) is 6.60. The molecule has 1 saturated carbocycles. The van der Waals surface area contributed by atoms with Crippen LogP contribution in [0.4, 0.5) is 11.4 Å². The minimum Gasteiger partial charge on any atom is -0.455 e. The zero-order chi connectivity index (χ0) is 17.3. The van der Waals surface area contributed by atoms with E-state index in [1.165, 1.54) is 12.1 Å². The number of carbonyl (C=O) groups excluding carboxylic acids is 2. The molecular weight excluding hydrogens is 336 g/mol. The first-order chi connectivity index (χ1) is 11.4. The Morgan fingerprint density at radius 3 is 2.75 bits per heavy atom. The van der Waals surface area contributed by atoms with Crippen LogP contribution in [0.3, 0.4) is 0 Å². The van der Waals surface area contributed by atoms with Crippen molar-refractivity contribution in [1.29, 1.82) is 0 Å². The second-order valence-corrected chi connectivity index (χ2v) is 6.40. The van der Waals surface area contributed by atoms with Crippen molar-refractivity contribution in [3.05, 3.63) is 45.5 Å². The summed E-state index contributed by atoms with van der Waals surface area (Å²) in [6.45, 7) is -0.476. The highest BCUT2D eigenvalue weighted by molar-refractivity contribution is 6.31. The minimum absolute atomic E-state index is 0.00769. The van der Waals surface area contributed by atoms with Crippen molar-refractivity contribution in [3.63, 3.8) is 0 Å². The quantitative estimate of drug-likeness (QED) is 0.381. The van der Waals surface area contributed by atoms with Crippen molar-refractivity contribution in [2.24, 2.45) is 17.8 Å². The summed E-state index contributed by atoms with van der Waals surface area (Å²) in [5.74, 6) is -0.598. The van der Waals surface area contributed by atoms with Crippen molar-refractivity contribution in [2.45, 2.75) is 12.8 Å². The number of hydrogen-bond donors (Lipinski definition) is 1. The van der Waals surface area contributed by atoms with Gasteiger partial charge in [0.15, 0.2) is 6.61 Å². The Morgan fingerprint density at radius 2 is 2.12 bits per heavy atom. The molecule has 0 radical (unpaired) electrons. The Hall–Kier alpha value is -2.41. The minimum atomic E-state index is -0.644. The number of hydrogen-bond acceptors (Lipinski definition) is 5. The topological polar surface area (TPSA) is 98.5 Å². The van der Waals surface area contributed by atoms with Crippen LogP contribution in [0.2, 0.25) is 5.02 Å². The number of amides is 1. The molecule has 3 atom stereocenters. The van der Waals surface area contributed by atoms with E-state index in [2.05, 4.69) is 11.4 Å². The summed E-state index contributed by atoms with van der Waals surface area (Å²) >= 11 is 5.71. The van der Waals surface area contributed by atoms with Crippen LogP contribution < -0.4 is 5.32 Å². The van der Waals surface area contributed by atoms with Gasteiger partial charge in [0.25, 0.3) is 11.6 Å². The van der Waals surface area contributed by atoms with E-state index in [1.807, 2.05) is 6.08 Å². The molecule has 2 bridgehead atoms. The van der Waals surface area contributed by atoms with Crippen molar-refractivity contribution in [2.75, 3.05) is 11.9 Å². The first-order valence-corrected chi connectivity index (χ1v) is 7.90. The molecule has 7 nitrogen and oxygen atoms in total. The molecule has 0 saturated heterocycles. The summed E-state index contributed by atoms with van der Waals surface area (Å²) in [4.78, 5) is 34.3. The third-order valence-corrected chi connectivity index (χ3v) is 4.59. The summed E-state index contributed by atoms with van der Waals surface area (Å²) in [5.41, 5.74) is -0.311. The molecular formula is C16H15ClN2O5. The highest BCUT2D eigenvalue weighted by Crippen LogP contribution is 2.43. The molecule has 126 valence electrons. The normalized spacial score (nSPS) is 24.0. The number of nitro benzene ring substituents is 1. The number of anilines is 1. The molecule has 0 aromatic heterocycles. The molecule has 3 rings (SSSR count). The van der Waals surface area contributed by atoms with E-state index < -0.39 is 23.4 Å². The third kappa shape index (κ3) is 3.41. The molecule has 8 heteroatoms. The maximum atomic E-state index is 12.1. The SMILES string of the molecule is O=C(COC(=O)C1CC2C=CC1C2)Nc1ccc(Cl)cc1[N+](=O)[O-]. The number of benzene rings is 1.